The molecule has 0 heterocycles. The molecule has 0 aliphatic heterocycles. The van der Waals surface area contributed by atoms with Crippen molar-refractivity contribution in [1.82, 2.24) is 0 Å². The molecule has 0 saturated carbocycles. The van der Waals surface area contributed by atoms with Crippen LogP contribution in [0.2, 0.25) is 0 Å². The fraction of sp³-hybridized carbons (Fsp3) is 0.200. The molecule has 2 rings (SSSR count). The van der Waals surface area contributed by atoms with E-state index in [0.29, 0.717) is 5.75 Å². The Kier molecular flexibility index (Phi) is 3.51. The van der Waals surface area contributed by atoms with E-state index in [4.69, 9.17) is 0 Å². The minimum absolute atomic E-state index is 0.0706. The Labute approximate surface area is 111 Å². The summed E-state index contributed by atoms with van der Waals surface area (Å²) in [5.74, 6) is 0.302. The highest BCUT2D eigenvalue weighted by atomic mass is 16.6. The second-order valence-electron chi connectivity index (χ2n) is 4.46. The van der Waals surface area contributed by atoms with Crippen LogP contribution in [-0.4, -0.2) is 10.0 Å². The van der Waals surface area contributed by atoms with Crippen LogP contribution >= 0.6 is 0 Å². The Morgan fingerprint density at radius 3 is 2.58 bits per heavy atom. The van der Waals surface area contributed by atoms with Crippen LogP contribution in [-0.2, 0) is 6.42 Å². The quantitative estimate of drug-likeness (QED) is 0.671. The Bertz CT molecular complexity index is 635. The number of hydrogen-bond acceptors (Lipinski definition) is 3. The molecule has 0 aliphatic carbocycles. The predicted octanol–water partition coefficient (Wildman–Crippen LogP) is 3.84. The highest BCUT2D eigenvalue weighted by Crippen LogP contribution is 2.31. The van der Waals surface area contributed by atoms with Gasteiger partial charge in [-0.25, -0.2) is 0 Å². The van der Waals surface area contributed by atoms with Gasteiger partial charge in [0.2, 0.25) is 0 Å². The van der Waals surface area contributed by atoms with E-state index >= 15 is 0 Å². The summed E-state index contributed by atoms with van der Waals surface area (Å²) < 4.78 is 0. The van der Waals surface area contributed by atoms with Crippen molar-refractivity contribution in [3.8, 4) is 16.9 Å². The normalized spacial score (nSPS) is 10.4. The summed E-state index contributed by atoms with van der Waals surface area (Å²) in [6.07, 6.45) is 0.718. The van der Waals surface area contributed by atoms with Crippen molar-refractivity contribution in [2.45, 2.75) is 20.3 Å². The molecule has 0 aromatic heterocycles. The van der Waals surface area contributed by atoms with Crippen molar-refractivity contribution >= 4 is 5.69 Å². The number of nitrogens with zero attached hydrogens (tertiary/aromatic N) is 1. The largest absolute Gasteiger partial charge is 0.507 e. The number of aryl methyl sites for hydroxylation is 2. The van der Waals surface area contributed by atoms with Gasteiger partial charge in [0.1, 0.15) is 5.75 Å². The third-order valence-corrected chi connectivity index (χ3v) is 3.15. The molecule has 4 nitrogen and oxygen atoms in total. The number of nitro groups is 1. The molecule has 98 valence electrons. The van der Waals surface area contributed by atoms with Crippen LogP contribution in [0, 0.1) is 17.0 Å². The molecule has 2 aromatic carbocycles. The first-order valence-electron chi connectivity index (χ1n) is 6.10. The molecule has 0 aliphatic rings. The number of rotatable bonds is 3. The number of phenolic OH excluding ortho intramolecular Hbond substituents is 1. The lowest BCUT2D eigenvalue weighted by Gasteiger charge is -2.09. The van der Waals surface area contributed by atoms with E-state index in [1.54, 1.807) is 12.1 Å². The zero-order chi connectivity index (χ0) is 14.0. The van der Waals surface area contributed by atoms with Gasteiger partial charge in [-0.05, 0) is 47.7 Å². The van der Waals surface area contributed by atoms with Crippen LogP contribution in [0.25, 0.3) is 11.1 Å². The van der Waals surface area contributed by atoms with E-state index in [-0.39, 0.29) is 5.69 Å². The van der Waals surface area contributed by atoms with Gasteiger partial charge >= 0.3 is 0 Å². The van der Waals surface area contributed by atoms with Crippen LogP contribution < -0.4 is 0 Å². The second kappa shape index (κ2) is 5.10. The van der Waals surface area contributed by atoms with Gasteiger partial charge < -0.3 is 5.11 Å². The molecule has 19 heavy (non-hydrogen) atoms. The average molecular weight is 257 g/mol. The fourth-order valence-electron chi connectivity index (χ4n) is 2.09. The van der Waals surface area contributed by atoms with Crippen LogP contribution in [0.5, 0.6) is 5.75 Å². The van der Waals surface area contributed by atoms with Gasteiger partial charge in [-0.2, -0.15) is 0 Å². The van der Waals surface area contributed by atoms with Gasteiger partial charge in [-0.15, -0.1) is 0 Å². The summed E-state index contributed by atoms with van der Waals surface area (Å²) >= 11 is 0. The summed E-state index contributed by atoms with van der Waals surface area (Å²) in [5, 5.41) is 20.7. The number of phenols is 1. The Hall–Kier alpha value is -2.36. The van der Waals surface area contributed by atoms with E-state index in [2.05, 4.69) is 0 Å². The zero-order valence-corrected chi connectivity index (χ0v) is 10.9. The third kappa shape index (κ3) is 2.57. The van der Waals surface area contributed by atoms with Crippen LogP contribution in [0.3, 0.4) is 0 Å². The van der Waals surface area contributed by atoms with E-state index in [9.17, 15) is 15.2 Å². The maximum atomic E-state index is 10.8. The fourth-order valence-corrected chi connectivity index (χ4v) is 2.09. The number of hydrogen-bond donors (Lipinski definition) is 1. The summed E-state index contributed by atoms with van der Waals surface area (Å²) in [7, 11) is 0. The maximum Gasteiger partial charge on any atom is 0.270 e. The summed E-state index contributed by atoms with van der Waals surface area (Å²) in [4.78, 5) is 10.4. The monoisotopic (exact) mass is 257 g/mol. The molecule has 0 bridgehead atoms. The maximum absolute atomic E-state index is 10.8. The first-order chi connectivity index (χ1) is 9.02. The van der Waals surface area contributed by atoms with Gasteiger partial charge in [0, 0.05) is 12.1 Å². The molecule has 0 radical (unpaired) electrons. The van der Waals surface area contributed by atoms with Crippen molar-refractivity contribution in [3.63, 3.8) is 0 Å². The average Bonchev–Trinajstić information content (AvgIpc) is 2.41. The number of nitro benzene ring substituents is 1. The molecular formula is C15H15NO3. The van der Waals surface area contributed by atoms with Crippen LogP contribution in [0.4, 0.5) is 5.69 Å². The van der Waals surface area contributed by atoms with Gasteiger partial charge in [0.15, 0.2) is 0 Å². The Morgan fingerprint density at radius 2 is 1.95 bits per heavy atom. The van der Waals surface area contributed by atoms with Crippen molar-refractivity contribution < 1.29 is 10.0 Å². The predicted molar refractivity (Wildman–Crippen MR) is 74.3 cm³/mol. The lowest BCUT2D eigenvalue weighted by molar-refractivity contribution is -0.384. The standard InChI is InChI=1S/C15H15NO3/c1-3-11-8-13(7-10(2)15(11)17)12-5-4-6-14(9-12)16(18)19/h4-9,17H,3H2,1-2H3. The van der Waals surface area contributed by atoms with Gasteiger partial charge in [0.25, 0.3) is 5.69 Å². The van der Waals surface area contributed by atoms with Crippen molar-refractivity contribution in [1.29, 1.82) is 0 Å². The Balaban J connectivity index is 2.56. The number of benzene rings is 2. The van der Waals surface area contributed by atoms with Gasteiger partial charge in [-0.3, -0.25) is 10.1 Å². The minimum atomic E-state index is -0.405. The number of non-ortho nitro benzene ring substituents is 1. The third-order valence-electron chi connectivity index (χ3n) is 3.15. The lowest BCUT2D eigenvalue weighted by atomic mass is 9.98. The number of aromatic hydroxyl groups is 1. The van der Waals surface area contributed by atoms with Crippen LogP contribution in [0.1, 0.15) is 18.1 Å². The van der Waals surface area contributed by atoms with Gasteiger partial charge in [0.05, 0.1) is 4.92 Å². The Morgan fingerprint density at radius 1 is 1.21 bits per heavy atom. The second-order valence-corrected chi connectivity index (χ2v) is 4.46. The van der Waals surface area contributed by atoms with E-state index < -0.39 is 4.92 Å². The smallest absolute Gasteiger partial charge is 0.270 e. The topological polar surface area (TPSA) is 63.4 Å². The van der Waals surface area contributed by atoms with E-state index in [1.807, 2.05) is 32.0 Å². The van der Waals surface area contributed by atoms with Crippen molar-refractivity contribution in [2.24, 2.45) is 0 Å². The highest BCUT2D eigenvalue weighted by molar-refractivity contribution is 5.69. The minimum Gasteiger partial charge on any atom is -0.507 e. The molecule has 0 atom stereocenters. The zero-order valence-electron chi connectivity index (χ0n) is 10.9. The molecule has 0 unspecified atom stereocenters. The lowest BCUT2D eigenvalue weighted by Crippen LogP contribution is -1.90. The summed E-state index contributed by atoms with van der Waals surface area (Å²) in [6.45, 7) is 3.79. The molecule has 0 saturated heterocycles. The summed E-state index contributed by atoms with van der Waals surface area (Å²) in [5.41, 5.74) is 3.37. The molecule has 4 heteroatoms. The van der Waals surface area contributed by atoms with Crippen molar-refractivity contribution in [2.75, 3.05) is 0 Å². The molecular weight excluding hydrogens is 242 g/mol. The SMILES string of the molecule is CCc1cc(-c2cccc([N+](=O)[O-])c2)cc(C)c1O. The van der Waals surface area contributed by atoms with Gasteiger partial charge in [-0.1, -0.05) is 19.1 Å². The van der Waals surface area contributed by atoms with Crippen LogP contribution in [0.15, 0.2) is 36.4 Å². The first-order valence-corrected chi connectivity index (χ1v) is 6.10. The molecule has 1 N–H and O–H groups in total. The molecule has 0 spiro atoms. The van der Waals surface area contributed by atoms with E-state index in [0.717, 1.165) is 28.7 Å². The van der Waals surface area contributed by atoms with Crippen molar-refractivity contribution in [3.05, 3.63) is 57.6 Å². The summed E-state index contributed by atoms with van der Waals surface area (Å²) in [6, 6.07) is 10.2. The van der Waals surface area contributed by atoms with E-state index in [1.165, 1.54) is 6.07 Å². The molecule has 2 aromatic rings. The molecule has 0 amide bonds. The first kappa shape index (κ1) is 13.1. The molecule has 0 fully saturated rings. The highest BCUT2D eigenvalue weighted by Gasteiger charge is 2.10.